The average Bonchev–Trinajstić information content (AvgIpc) is 2.86. The molecular weight excluding hydrogens is 506 g/mol. The van der Waals surface area contributed by atoms with Gasteiger partial charge < -0.3 is 19.7 Å². The van der Waals surface area contributed by atoms with Crippen molar-refractivity contribution in [1.29, 1.82) is 0 Å². The standard InChI is InChI=1S/C28H39N3O6S/c1-7-23(27(33)29-28(4,5)6)30(18-21-12-10-9-11-20(21)3)26(32)19-31(38(34,35)8-2)22-13-14-24-25(17-22)37-16-15-36-24/h9-14,17,23H,7-8,15-16,18-19H2,1-6H3,(H,29,33). The van der Waals surface area contributed by atoms with Gasteiger partial charge in [0.05, 0.1) is 11.4 Å². The second kappa shape index (κ2) is 12.1. The number of hydrogen-bond donors (Lipinski definition) is 1. The molecular formula is C28H39N3O6S. The summed E-state index contributed by atoms with van der Waals surface area (Å²) >= 11 is 0. The van der Waals surface area contributed by atoms with Crippen LogP contribution in [0.15, 0.2) is 42.5 Å². The molecule has 0 aromatic heterocycles. The molecule has 0 spiro atoms. The number of fused-ring (bicyclic) bond motifs is 1. The number of benzene rings is 2. The largest absolute Gasteiger partial charge is 0.486 e. The van der Waals surface area contributed by atoms with E-state index in [-0.39, 0.29) is 18.2 Å². The first-order chi connectivity index (χ1) is 17.9. The van der Waals surface area contributed by atoms with Gasteiger partial charge >= 0.3 is 0 Å². The lowest BCUT2D eigenvalue weighted by atomic mass is 10.0. The van der Waals surface area contributed by atoms with Crippen molar-refractivity contribution in [3.63, 3.8) is 0 Å². The Morgan fingerprint density at radius 1 is 1.03 bits per heavy atom. The first kappa shape index (κ1) is 29.3. The Morgan fingerprint density at radius 3 is 2.29 bits per heavy atom. The third-order valence-electron chi connectivity index (χ3n) is 6.28. The van der Waals surface area contributed by atoms with Crippen molar-refractivity contribution >= 4 is 27.5 Å². The number of ether oxygens (including phenoxy) is 2. The highest BCUT2D eigenvalue weighted by molar-refractivity contribution is 7.92. The zero-order valence-electron chi connectivity index (χ0n) is 23.1. The maximum atomic E-state index is 13.9. The monoisotopic (exact) mass is 545 g/mol. The fraction of sp³-hybridized carbons (Fsp3) is 0.500. The lowest BCUT2D eigenvalue weighted by molar-refractivity contribution is -0.141. The summed E-state index contributed by atoms with van der Waals surface area (Å²) in [5, 5.41) is 2.97. The van der Waals surface area contributed by atoms with Crippen LogP contribution in [0.3, 0.4) is 0 Å². The summed E-state index contributed by atoms with van der Waals surface area (Å²) < 4.78 is 38.7. The van der Waals surface area contributed by atoms with Crippen molar-refractivity contribution in [3.8, 4) is 11.5 Å². The number of carbonyl (C=O) groups excluding carboxylic acids is 2. The van der Waals surface area contributed by atoms with E-state index in [1.54, 1.807) is 18.2 Å². The van der Waals surface area contributed by atoms with Crippen LogP contribution >= 0.6 is 0 Å². The minimum absolute atomic E-state index is 0.169. The van der Waals surface area contributed by atoms with Gasteiger partial charge in [0.15, 0.2) is 11.5 Å². The van der Waals surface area contributed by atoms with Gasteiger partial charge in [0, 0.05) is 18.2 Å². The van der Waals surface area contributed by atoms with Crippen molar-refractivity contribution in [2.24, 2.45) is 0 Å². The summed E-state index contributed by atoms with van der Waals surface area (Å²) in [6.45, 7) is 11.4. The van der Waals surface area contributed by atoms with Gasteiger partial charge in [-0.3, -0.25) is 13.9 Å². The van der Waals surface area contributed by atoms with Gasteiger partial charge in [0.2, 0.25) is 21.8 Å². The van der Waals surface area contributed by atoms with Crippen molar-refractivity contribution in [3.05, 3.63) is 53.6 Å². The molecule has 3 rings (SSSR count). The molecule has 0 saturated heterocycles. The number of nitrogens with one attached hydrogen (secondary N) is 1. The highest BCUT2D eigenvalue weighted by atomic mass is 32.2. The molecule has 9 nitrogen and oxygen atoms in total. The Hall–Kier alpha value is -3.27. The maximum Gasteiger partial charge on any atom is 0.244 e. The van der Waals surface area contributed by atoms with Crippen LogP contribution in [0.2, 0.25) is 0 Å². The molecule has 1 atom stereocenters. The van der Waals surface area contributed by atoms with E-state index in [9.17, 15) is 18.0 Å². The van der Waals surface area contributed by atoms with Crippen molar-refractivity contribution in [1.82, 2.24) is 10.2 Å². The summed E-state index contributed by atoms with van der Waals surface area (Å²) in [5.74, 6) is -0.0208. The number of carbonyl (C=O) groups is 2. The van der Waals surface area contributed by atoms with Gasteiger partial charge in [-0.15, -0.1) is 0 Å². The molecule has 10 heteroatoms. The zero-order chi connectivity index (χ0) is 28.1. The Morgan fingerprint density at radius 2 is 1.68 bits per heavy atom. The molecule has 0 fully saturated rings. The van der Waals surface area contributed by atoms with E-state index in [2.05, 4.69) is 5.32 Å². The number of sulfonamides is 1. The number of nitrogens with zero attached hydrogens (tertiary/aromatic N) is 2. The fourth-order valence-electron chi connectivity index (χ4n) is 4.25. The second-order valence-corrected chi connectivity index (χ2v) is 12.5. The van der Waals surface area contributed by atoms with Crippen LogP contribution < -0.4 is 19.1 Å². The van der Waals surface area contributed by atoms with Crippen molar-refractivity contribution in [2.75, 3.05) is 29.8 Å². The molecule has 2 aromatic rings. The summed E-state index contributed by atoms with van der Waals surface area (Å²) in [7, 11) is -3.84. The highest BCUT2D eigenvalue weighted by Gasteiger charge is 2.34. The minimum Gasteiger partial charge on any atom is -0.486 e. The number of anilines is 1. The quantitative estimate of drug-likeness (QED) is 0.489. The molecule has 38 heavy (non-hydrogen) atoms. The summed E-state index contributed by atoms with van der Waals surface area (Å²) in [6, 6.07) is 11.7. The Kier molecular flexibility index (Phi) is 9.30. The summed E-state index contributed by atoms with van der Waals surface area (Å²) in [6.07, 6.45) is 0.365. The van der Waals surface area contributed by atoms with Crippen LogP contribution in [0.5, 0.6) is 11.5 Å². The molecule has 1 unspecified atom stereocenters. The predicted molar refractivity (Wildman–Crippen MR) is 148 cm³/mol. The van der Waals surface area contributed by atoms with Crippen molar-refractivity contribution < 1.29 is 27.5 Å². The number of hydrogen-bond acceptors (Lipinski definition) is 6. The van der Waals surface area contributed by atoms with Crippen molar-refractivity contribution in [2.45, 2.75) is 66.1 Å². The SMILES string of the molecule is CCC(C(=O)NC(C)(C)C)N(Cc1ccccc1C)C(=O)CN(c1ccc2c(c1)OCCO2)S(=O)(=O)CC. The van der Waals surface area contributed by atoms with Crippen LogP contribution in [0, 0.1) is 6.92 Å². The molecule has 208 valence electrons. The molecule has 0 aliphatic carbocycles. The van der Waals surface area contributed by atoms with Gasteiger partial charge in [-0.1, -0.05) is 31.2 Å². The topological polar surface area (TPSA) is 105 Å². The smallest absolute Gasteiger partial charge is 0.244 e. The number of aryl methyl sites for hydroxylation is 1. The van der Waals surface area contributed by atoms with E-state index in [0.29, 0.717) is 36.8 Å². The first-order valence-corrected chi connectivity index (χ1v) is 14.5. The van der Waals surface area contributed by atoms with Crippen LogP contribution in [-0.2, 0) is 26.2 Å². The third-order valence-corrected chi connectivity index (χ3v) is 8.02. The first-order valence-electron chi connectivity index (χ1n) is 12.9. The molecule has 0 bridgehead atoms. The predicted octanol–water partition coefficient (Wildman–Crippen LogP) is 3.64. The second-order valence-electron chi connectivity index (χ2n) is 10.3. The molecule has 0 saturated carbocycles. The Balaban J connectivity index is 2.01. The molecule has 1 aliphatic rings. The Bertz CT molecular complexity index is 1260. The molecule has 1 heterocycles. The summed E-state index contributed by atoms with van der Waals surface area (Å²) in [4.78, 5) is 28.7. The molecule has 1 N–H and O–H groups in total. The van der Waals surface area contributed by atoms with E-state index in [1.165, 1.54) is 11.8 Å². The number of rotatable bonds is 10. The minimum atomic E-state index is -3.84. The van der Waals surface area contributed by atoms with E-state index < -0.39 is 34.1 Å². The van der Waals surface area contributed by atoms with Crippen LogP contribution in [-0.4, -0.2) is 62.2 Å². The van der Waals surface area contributed by atoms with Crippen LogP contribution in [0.4, 0.5) is 5.69 Å². The lowest BCUT2D eigenvalue weighted by Crippen LogP contribution is -2.55. The summed E-state index contributed by atoms with van der Waals surface area (Å²) in [5.41, 5.74) is 1.66. The van der Waals surface area contributed by atoms with Gasteiger partial charge in [0.25, 0.3) is 0 Å². The lowest BCUT2D eigenvalue weighted by Gasteiger charge is -2.35. The van der Waals surface area contributed by atoms with Gasteiger partial charge in [0.1, 0.15) is 25.8 Å². The number of amides is 2. The highest BCUT2D eigenvalue weighted by Crippen LogP contribution is 2.35. The fourth-order valence-corrected chi connectivity index (χ4v) is 5.30. The van der Waals surface area contributed by atoms with Crippen LogP contribution in [0.25, 0.3) is 0 Å². The molecule has 0 radical (unpaired) electrons. The van der Waals surface area contributed by atoms with E-state index in [0.717, 1.165) is 15.4 Å². The average molecular weight is 546 g/mol. The van der Waals surface area contributed by atoms with Gasteiger partial charge in [-0.2, -0.15) is 0 Å². The van der Waals surface area contributed by atoms with E-state index in [4.69, 9.17) is 9.47 Å². The van der Waals surface area contributed by atoms with Gasteiger partial charge in [-0.05, 0) is 64.3 Å². The Labute approximate surface area is 226 Å². The maximum absolute atomic E-state index is 13.9. The third kappa shape index (κ3) is 7.18. The zero-order valence-corrected chi connectivity index (χ0v) is 23.9. The molecule has 1 aliphatic heterocycles. The van der Waals surface area contributed by atoms with E-state index in [1.807, 2.05) is 58.9 Å². The van der Waals surface area contributed by atoms with Gasteiger partial charge in [-0.25, -0.2) is 8.42 Å². The molecule has 2 aromatic carbocycles. The van der Waals surface area contributed by atoms with E-state index >= 15 is 0 Å². The van der Waals surface area contributed by atoms with Crippen LogP contribution in [0.1, 0.15) is 52.2 Å². The normalized spacial score (nSPS) is 13.9. The molecule has 2 amide bonds.